The van der Waals surface area contributed by atoms with Crippen molar-refractivity contribution in [2.75, 3.05) is 13.7 Å². The van der Waals surface area contributed by atoms with Crippen molar-refractivity contribution in [1.29, 1.82) is 0 Å². The molecule has 0 aromatic heterocycles. The zero-order valence-corrected chi connectivity index (χ0v) is 11.3. The molecule has 1 aromatic carbocycles. The van der Waals surface area contributed by atoms with Crippen LogP contribution in [0.25, 0.3) is 0 Å². The number of aliphatic hydroxyl groups is 1. The van der Waals surface area contributed by atoms with Gasteiger partial charge in [0, 0.05) is 23.7 Å². The molecular formula is C12H17NO4S. The van der Waals surface area contributed by atoms with Gasteiger partial charge in [-0.3, -0.25) is 10.1 Å². The number of hydrogen-bond acceptors (Lipinski definition) is 5. The summed E-state index contributed by atoms with van der Waals surface area (Å²) in [7, 11) is 1.49. The van der Waals surface area contributed by atoms with Crippen molar-refractivity contribution < 1.29 is 14.8 Å². The molecule has 1 N–H and O–H groups in total. The number of aliphatic hydroxyl groups excluding tert-OH is 1. The number of non-ortho nitro benzene ring substituents is 1. The molecule has 0 radical (unpaired) electrons. The van der Waals surface area contributed by atoms with Crippen LogP contribution in [0, 0.1) is 10.1 Å². The fourth-order valence-electron chi connectivity index (χ4n) is 1.45. The Hall–Kier alpha value is -1.27. The molecule has 0 aliphatic rings. The molecule has 0 saturated heterocycles. The average molecular weight is 271 g/mol. The lowest BCUT2D eigenvalue weighted by Crippen LogP contribution is -2.00. The maximum Gasteiger partial charge on any atom is 0.273 e. The van der Waals surface area contributed by atoms with Gasteiger partial charge in [0.2, 0.25) is 0 Å². The monoisotopic (exact) mass is 271 g/mol. The summed E-state index contributed by atoms with van der Waals surface area (Å²) >= 11 is 1.66. The lowest BCUT2D eigenvalue weighted by atomic mass is 10.2. The number of hydrogen-bond donors (Lipinski definition) is 1. The first-order chi connectivity index (χ1) is 8.56. The third kappa shape index (κ3) is 4.54. The zero-order chi connectivity index (χ0) is 13.5. The van der Waals surface area contributed by atoms with Crippen molar-refractivity contribution in [3.63, 3.8) is 0 Å². The minimum Gasteiger partial charge on any atom is -0.496 e. The fourth-order valence-corrected chi connectivity index (χ4v) is 2.37. The van der Waals surface area contributed by atoms with Gasteiger partial charge in [0.25, 0.3) is 5.69 Å². The van der Waals surface area contributed by atoms with Gasteiger partial charge in [-0.15, -0.1) is 0 Å². The minimum absolute atomic E-state index is 0.0414. The van der Waals surface area contributed by atoms with Gasteiger partial charge in [-0.2, -0.15) is 11.8 Å². The molecule has 0 bridgehead atoms. The van der Waals surface area contributed by atoms with E-state index in [2.05, 4.69) is 0 Å². The summed E-state index contributed by atoms with van der Waals surface area (Å²) in [6.07, 6.45) is 0.719. The van der Waals surface area contributed by atoms with E-state index in [1.54, 1.807) is 23.9 Å². The number of methoxy groups -OCH3 is 1. The normalized spacial score (nSPS) is 12.2. The molecule has 0 aliphatic carbocycles. The molecule has 0 fully saturated rings. The van der Waals surface area contributed by atoms with Gasteiger partial charge in [0.1, 0.15) is 5.75 Å². The highest BCUT2D eigenvalue weighted by atomic mass is 32.2. The second kappa shape index (κ2) is 7.23. The highest BCUT2D eigenvalue weighted by Crippen LogP contribution is 2.27. The molecular weight excluding hydrogens is 254 g/mol. The maximum absolute atomic E-state index is 10.8. The van der Waals surface area contributed by atoms with E-state index < -0.39 is 4.92 Å². The second-order valence-electron chi connectivity index (χ2n) is 3.93. The molecule has 0 aliphatic heterocycles. The summed E-state index contributed by atoms with van der Waals surface area (Å²) in [5, 5.41) is 19.9. The third-order valence-corrected chi connectivity index (χ3v) is 3.77. The Bertz CT molecular complexity index is 411. The largest absolute Gasteiger partial charge is 0.496 e. The molecule has 100 valence electrons. The van der Waals surface area contributed by atoms with Gasteiger partial charge in [-0.05, 0) is 18.1 Å². The van der Waals surface area contributed by atoms with Crippen LogP contribution in [0.2, 0.25) is 0 Å². The van der Waals surface area contributed by atoms with Crippen molar-refractivity contribution in [2.24, 2.45) is 0 Å². The number of nitro groups is 1. The first kappa shape index (κ1) is 14.8. The van der Waals surface area contributed by atoms with Crippen LogP contribution in [0.4, 0.5) is 5.69 Å². The number of nitrogens with zero attached hydrogens (tertiary/aromatic N) is 1. The Balaban J connectivity index is 2.75. The fraction of sp³-hybridized carbons (Fsp3) is 0.500. The van der Waals surface area contributed by atoms with E-state index in [1.165, 1.54) is 13.2 Å². The van der Waals surface area contributed by atoms with E-state index in [0.717, 1.165) is 12.0 Å². The Morgan fingerprint density at radius 3 is 2.78 bits per heavy atom. The van der Waals surface area contributed by atoms with Crippen LogP contribution >= 0.6 is 11.8 Å². The molecule has 0 heterocycles. The van der Waals surface area contributed by atoms with E-state index in [4.69, 9.17) is 9.84 Å². The average Bonchev–Trinajstić information content (AvgIpc) is 2.36. The molecule has 1 unspecified atom stereocenters. The van der Waals surface area contributed by atoms with Crippen molar-refractivity contribution >= 4 is 17.4 Å². The van der Waals surface area contributed by atoms with Crippen LogP contribution in [0.5, 0.6) is 5.75 Å². The van der Waals surface area contributed by atoms with Crippen LogP contribution in [-0.2, 0) is 5.75 Å². The topological polar surface area (TPSA) is 72.6 Å². The molecule has 1 atom stereocenters. The number of benzene rings is 1. The van der Waals surface area contributed by atoms with Crippen molar-refractivity contribution in [3.05, 3.63) is 33.9 Å². The Morgan fingerprint density at radius 1 is 1.50 bits per heavy atom. The Morgan fingerprint density at radius 2 is 2.22 bits per heavy atom. The quantitative estimate of drug-likeness (QED) is 0.609. The van der Waals surface area contributed by atoms with Crippen LogP contribution in [0.15, 0.2) is 18.2 Å². The Kier molecular flexibility index (Phi) is 5.94. The summed E-state index contributed by atoms with van der Waals surface area (Å²) in [5.41, 5.74) is 0.899. The van der Waals surface area contributed by atoms with Gasteiger partial charge in [-0.1, -0.05) is 6.92 Å². The zero-order valence-electron chi connectivity index (χ0n) is 10.5. The second-order valence-corrected chi connectivity index (χ2v) is 5.36. The van der Waals surface area contributed by atoms with Crippen LogP contribution < -0.4 is 4.74 Å². The molecule has 5 nitrogen and oxygen atoms in total. The van der Waals surface area contributed by atoms with Crippen molar-refractivity contribution in [3.8, 4) is 5.75 Å². The first-order valence-electron chi connectivity index (χ1n) is 5.61. The van der Waals surface area contributed by atoms with E-state index in [1.807, 2.05) is 6.92 Å². The molecule has 1 aromatic rings. The number of thioether (sulfide) groups is 1. The molecule has 6 heteroatoms. The maximum atomic E-state index is 10.8. The van der Waals surface area contributed by atoms with Crippen molar-refractivity contribution in [1.82, 2.24) is 0 Å². The summed E-state index contributed by atoms with van der Waals surface area (Å²) < 4.78 is 5.05. The standard InChI is InChI=1S/C12H17NO4S/c1-9(3-4-14)18-8-10-5-11(13(15)16)7-12(6-10)17-2/h5-7,9,14H,3-4,8H2,1-2H3. The van der Waals surface area contributed by atoms with Crippen LogP contribution in [-0.4, -0.2) is 29.0 Å². The van der Waals surface area contributed by atoms with Gasteiger partial charge >= 0.3 is 0 Å². The lowest BCUT2D eigenvalue weighted by molar-refractivity contribution is -0.385. The molecule has 0 amide bonds. The van der Waals surface area contributed by atoms with E-state index >= 15 is 0 Å². The highest BCUT2D eigenvalue weighted by molar-refractivity contribution is 7.99. The first-order valence-corrected chi connectivity index (χ1v) is 6.66. The summed E-state index contributed by atoms with van der Waals surface area (Å²) in [5.74, 6) is 1.16. The van der Waals surface area contributed by atoms with Gasteiger partial charge in [-0.25, -0.2) is 0 Å². The van der Waals surface area contributed by atoms with E-state index in [0.29, 0.717) is 16.8 Å². The predicted molar refractivity (Wildman–Crippen MR) is 72.1 cm³/mol. The van der Waals surface area contributed by atoms with Gasteiger partial charge in [0.05, 0.1) is 18.1 Å². The van der Waals surface area contributed by atoms with Crippen LogP contribution in [0.3, 0.4) is 0 Å². The molecule has 1 rings (SSSR count). The van der Waals surface area contributed by atoms with E-state index in [9.17, 15) is 10.1 Å². The lowest BCUT2D eigenvalue weighted by Gasteiger charge is -2.10. The Labute approximate surface area is 110 Å². The van der Waals surface area contributed by atoms with Crippen LogP contribution in [0.1, 0.15) is 18.9 Å². The van der Waals surface area contributed by atoms with Gasteiger partial charge < -0.3 is 9.84 Å². The summed E-state index contributed by atoms with van der Waals surface area (Å²) in [6, 6.07) is 4.76. The van der Waals surface area contributed by atoms with E-state index in [-0.39, 0.29) is 12.3 Å². The minimum atomic E-state index is -0.423. The van der Waals surface area contributed by atoms with Gasteiger partial charge in [0.15, 0.2) is 0 Å². The van der Waals surface area contributed by atoms with Crippen molar-refractivity contribution in [2.45, 2.75) is 24.3 Å². The molecule has 0 saturated carbocycles. The highest BCUT2D eigenvalue weighted by Gasteiger charge is 2.11. The summed E-state index contributed by atoms with van der Waals surface area (Å²) in [6.45, 7) is 2.18. The molecule has 18 heavy (non-hydrogen) atoms. The summed E-state index contributed by atoms with van der Waals surface area (Å²) in [4.78, 5) is 10.3. The predicted octanol–water partition coefficient (Wildman–Crippen LogP) is 2.61. The number of ether oxygens (including phenoxy) is 1. The smallest absolute Gasteiger partial charge is 0.273 e. The molecule has 0 spiro atoms. The number of nitro benzene ring substituents is 1. The third-order valence-electron chi connectivity index (χ3n) is 2.47. The number of rotatable bonds is 7. The SMILES string of the molecule is COc1cc(CSC(C)CCO)cc([N+](=O)[O-])c1.